The molecule has 5 nitrogen and oxygen atoms in total. The zero-order chi connectivity index (χ0) is 11.8. The first-order valence-electron chi connectivity index (χ1n) is 5.24. The molecule has 5 heteroatoms. The highest BCUT2D eigenvalue weighted by Gasteiger charge is 2.46. The number of likely N-dealkylation sites (tertiary alicyclic amines) is 1. The lowest BCUT2D eigenvalue weighted by atomic mass is 9.99. The summed E-state index contributed by atoms with van der Waals surface area (Å²) >= 11 is 0. The first kappa shape index (κ1) is 10.7. The Bertz CT molecular complexity index is 413. The van der Waals surface area contributed by atoms with Crippen molar-refractivity contribution in [3.63, 3.8) is 0 Å². The smallest absolute Gasteiger partial charge is 0.329 e. The third-order valence-electron chi connectivity index (χ3n) is 3.19. The Morgan fingerprint density at radius 1 is 1.56 bits per heavy atom. The first-order chi connectivity index (χ1) is 7.55. The maximum Gasteiger partial charge on any atom is 0.329 e. The molecule has 2 heterocycles. The Morgan fingerprint density at radius 3 is 2.88 bits per heavy atom. The number of hydrogen-bond acceptors (Lipinski definition) is 2. The monoisotopic (exact) mass is 222 g/mol. The largest absolute Gasteiger partial charge is 0.480 e. The molecule has 86 valence electrons. The van der Waals surface area contributed by atoms with Crippen LogP contribution in [0.25, 0.3) is 0 Å². The Kier molecular flexibility index (Phi) is 2.46. The third-order valence-corrected chi connectivity index (χ3v) is 3.19. The van der Waals surface area contributed by atoms with E-state index in [9.17, 15) is 14.7 Å². The molecule has 2 N–H and O–H groups in total. The summed E-state index contributed by atoms with van der Waals surface area (Å²) < 4.78 is 0. The lowest BCUT2D eigenvalue weighted by Crippen LogP contribution is -2.50. The van der Waals surface area contributed by atoms with E-state index in [2.05, 4.69) is 4.98 Å². The average molecular weight is 222 g/mol. The number of carboxylic acids is 1. The van der Waals surface area contributed by atoms with Gasteiger partial charge in [-0.25, -0.2) is 4.79 Å². The molecule has 1 aliphatic heterocycles. The van der Waals surface area contributed by atoms with Gasteiger partial charge in [-0.15, -0.1) is 0 Å². The topological polar surface area (TPSA) is 73.4 Å². The van der Waals surface area contributed by atoms with E-state index in [1.54, 1.807) is 25.4 Å². The molecule has 1 saturated heterocycles. The van der Waals surface area contributed by atoms with Crippen molar-refractivity contribution in [3.8, 4) is 0 Å². The van der Waals surface area contributed by atoms with Gasteiger partial charge in [-0.05, 0) is 25.8 Å². The Labute approximate surface area is 93.1 Å². The molecule has 2 rings (SSSR count). The number of aliphatic carboxylic acids is 1. The van der Waals surface area contributed by atoms with E-state index >= 15 is 0 Å². The maximum absolute atomic E-state index is 12.1. The number of nitrogens with zero attached hydrogens (tertiary/aromatic N) is 1. The predicted molar refractivity (Wildman–Crippen MR) is 57.1 cm³/mol. The van der Waals surface area contributed by atoms with Gasteiger partial charge < -0.3 is 15.0 Å². The number of rotatable bonds is 2. The number of carbonyl (C=O) groups is 2. The Balaban J connectivity index is 2.27. The van der Waals surface area contributed by atoms with Crippen LogP contribution in [0.5, 0.6) is 0 Å². The molecule has 1 aromatic rings. The SMILES string of the molecule is CC1(C(=O)O)CCCN1C(=O)c1cc[nH]c1. The average Bonchev–Trinajstić information content (AvgIpc) is 2.85. The summed E-state index contributed by atoms with van der Waals surface area (Å²) in [7, 11) is 0. The van der Waals surface area contributed by atoms with E-state index in [-0.39, 0.29) is 5.91 Å². The van der Waals surface area contributed by atoms with Crippen LogP contribution >= 0.6 is 0 Å². The molecule has 0 aromatic carbocycles. The minimum atomic E-state index is -1.06. The maximum atomic E-state index is 12.1. The van der Waals surface area contributed by atoms with E-state index in [0.717, 1.165) is 6.42 Å². The highest BCUT2D eigenvalue weighted by Crippen LogP contribution is 2.30. The highest BCUT2D eigenvalue weighted by molar-refractivity contribution is 5.98. The van der Waals surface area contributed by atoms with Gasteiger partial charge in [0.15, 0.2) is 0 Å². The standard InChI is InChI=1S/C11H14N2O3/c1-11(10(15)16)4-2-6-13(11)9(14)8-3-5-12-7-8/h3,5,7,12H,2,4,6H2,1H3,(H,15,16). The summed E-state index contributed by atoms with van der Waals surface area (Å²) in [5, 5.41) is 9.19. The van der Waals surface area contributed by atoms with E-state index in [1.165, 1.54) is 4.90 Å². The molecule has 0 radical (unpaired) electrons. The second-order valence-electron chi connectivity index (χ2n) is 4.24. The molecule has 1 amide bonds. The number of aromatic nitrogens is 1. The van der Waals surface area contributed by atoms with Crippen molar-refractivity contribution < 1.29 is 14.7 Å². The third kappa shape index (κ3) is 1.48. The van der Waals surface area contributed by atoms with Crippen molar-refractivity contribution in [2.24, 2.45) is 0 Å². The van der Waals surface area contributed by atoms with Crippen LogP contribution in [0.4, 0.5) is 0 Å². The van der Waals surface area contributed by atoms with Crippen LogP contribution in [0.15, 0.2) is 18.5 Å². The number of H-pyrrole nitrogens is 1. The van der Waals surface area contributed by atoms with Crippen LogP contribution < -0.4 is 0 Å². The second-order valence-corrected chi connectivity index (χ2v) is 4.24. The number of amides is 1. The number of hydrogen-bond donors (Lipinski definition) is 2. The van der Waals surface area contributed by atoms with Crippen LogP contribution in [0.3, 0.4) is 0 Å². The Hall–Kier alpha value is -1.78. The van der Waals surface area contributed by atoms with Gasteiger partial charge in [-0.3, -0.25) is 4.79 Å². The zero-order valence-electron chi connectivity index (χ0n) is 9.06. The van der Waals surface area contributed by atoms with Crippen molar-refractivity contribution in [2.75, 3.05) is 6.54 Å². The number of aromatic amines is 1. The van der Waals surface area contributed by atoms with Crippen molar-refractivity contribution in [1.29, 1.82) is 0 Å². The van der Waals surface area contributed by atoms with E-state index in [4.69, 9.17) is 0 Å². The molecule has 1 atom stereocenters. The molecule has 16 heavy (non-hydrogen) atoms. The summed E-state index contributed by atoms with van der Waals surface area (Å²) in [6, 6.07) is 1.66. The molecule has 0 spiro atoms. The van der Waals surface area contributed by atoms with Gasteiger partial charge in [0.05, 0.1) is 5.56 Å². The van der Waals surface area contributed by atoms with Gasteiger partial charge in [0.25, 0.3) is 5.91 Å². The van der Waals surface area contributed by atoms with Gasteiger partial charge in [0, 0.05) is 18.9 Å². The van der Waals surface area contributed by atoms with Crippen LogP contribution in [0.1, 0.15) is 30.1 Å². The lowest BCUT2D eigenvalue weighted by Gasteiger charge is -2.30. The number of nitrogens with one attached hydrogen (secondary N) is 1. The fourth-order valence-corrected chi connectivity index (χ4v) is 2.12. The lowest BCUT2D eigenvalue weighted by molar-refractivity contribution is -0.147. The fraction of sp³-hybridized carbons (Fsp3) is 0.455. The predicted octanol–water partition coefficient (Wildman–Crippen LogP) is 1.09. The molecule has 1 fully saturated rings. The molecular formula is C11H14N2O3. The quantitative estimate of drug-likeness (QED) is 0.786. The van der Waals surface area contributed by atoms with Gasteiger partial charge in [0.2, 0.25) is 0 Å². The first-order valence-corrected chi connectivity index (χ1v) is 5.24. The number of carbonyl (C=O) groups excluding carboxylic acids is 1. The van der Waals surface area contributed by atoms with Crippen molar-refractivity contribution in [2.45, 2.75) is 25.3 Å². The van der Waals surface area contributed by atoms with Crippen LogP contribution in [-0.2, 0) is 4.79 Å². The van der Waals surface area contributed by atoms with Crippen LogP contribution in [0, 0.1) is 0 Å². The fourth-order valence-electron chi connectivity index (χ4n) is 2.12. The summed E-state index contributed by atoms with van der Waals surface area (Å²) in [6.07, 6.45) is 4.49. The molecule has 1 unspecified atom stereocenters. The molecule has 1 aromatic heterocycles. The molecule has 0 aliphatic carbocycles. The van der Waals surface area contributed by atoms with Crippen LogP contribution in [0.2, 0.25) is 0 Å². The van der Waals surface area contributed by atoms with E-state index in [0.29, 0.717) is 18.5 Å². The van der Waals surface area contributed by atoms with Gasteiger partial charge in [-0.1, -0.05) is 0 Å². The summed E-state index contributed by atoms with van der Waals surface area (Å²) in [5.41, 5.74) is -0.552. The zero-order valence-corrected chi connectivity index (χ0v) is 9.06. The molecular weight excluding hydrogens is 208 g/mol. The second kappa shape index (κ2) is 3.66. The minimum absolute atomic E-state index is 0.219. The molecule has 1 aliphatic rings. The highest BCUT2D eigenvalue weighted by atomic mass is 16.4. The summed E-state index contributed by atoms with van der Waals surface area (Å²) in [5.74, 6) is -1.16. The number of carboxylic acid groups (broad SMARTS) is 1. The van der Waals surface area contributed by atoms with E-state index in [1.807, 2.05) is 0 Å². The summed E-state index contributed by atoms with van der Waals surface area (Å²) in [4.78, 5) is 27.5. The summed E-state index contributed by atoms with van der Waals surface area (Å²) in [6.45, 7) is 2.11. The van der Waals surface area contributed by atoms with Crippen LogP contribution in [-0.4, -0.2) is 39.0 Å². The molecule has 0 saturated carbocycles. The minimum Gasteiger partial charge on any atom is -0.480 e. The molecule has 0 bridgehead atoms. The van der Waals surface area contributed by atoms with E-state index < -0.39 is 11.5 Å². The van der Waals surface area contributed by atoms with Crippen molar-refractivity contribution in [3.05, 3.63) is 24.0 Å². The van der Waals surface area contributed by atoms with Crippen molar-refractivity contribution in [1.82, 2.24) is 9.88 Å². The Morgan fingerprint density at radius 2 is 2.31 bits per heavy atom. The van der Waals surface area contributed by atoms with Crippen molar-refractivity contribution >= 4 is 11.9 Å². The van der Waals surface area contributed by atoms with Gasteiger partial charge >= 0.3 is 5.97 Å². The van der Waals surface area contributed by atoms with Gasteiger partial charge in [0.1, 0.15) is 5.54 Å². The normalized spacial score (nSPS) is 24.7. The van der Waals surface area contributed by atoms with Gasteiger partial charge in [-0.2, -0.15) is 0 Å².